The van der Waals surface area contributed by atoms with Crippen LogP contribution in [0.2, 0.25) is 0 Å². The van der Waals surface area contributed by atoms with Gasteiger partial charge in [0.15, 0.2) is 0 Å². The van der Waals surface area contributed by atoms with E-state index in [-0.39, 0.29) is 18.5 Å². The lowest BCUT2D eigenvalue weighted by Crippen LogP contribution is -2.45. The minimum Gasteiger partial charge on any atom is -0.466 e. The summed E-state index contributed by atoms with van der Waals surface area (Å²) in [6.07, 6.45) is 84.5. The van der Waals surface area contributed by atoms with Crippen LogP contribution in [0.5, 0.6) is 0 Å². The largest absolute Gasteiger partial charge is 0.466 e. The molecule has 6 nitrogen and oxygen atoms in total. The maximum atomic E-state index is 12.5. The summed E-state index contributed by atoms with van der Waals surface area (Å²) in [6.45, 7) is 4.95. The number of aliphatic hydroxyl groups is 2. The van der Waals surface area contributed by atoms with Crippen LogP contribution in [-0.2, 0) is 14.3 Å². The van der Waals surface area contributed by atoms with Crippen LogP contribution < -0.4 is 5.32 Å². The van der Waals surface area contributed by atoms with Gasteiger partial charge < -0.3 is 20.3 Å². The number of aliphatic hydroxyl groups excluding tert-OH is 2. The lowest BCUT2D eigenvalue weighted by atomic mass is 10.0. The van der Waals surface area contributed by atoms with E-state index >= 15 is 0 Å². The minimum absolute atomic E-state index is 0.0242. The van der Waals surface area contributed by atoms with E-state index in [1.54, 1.807) is 6.08 Å². The Morgan fingerprint density at radius 3 is 0.872 bits per heavy atom. The van der Waals surface area contributed by atoms with Gasteiger partial charge in [-0.15, -0.1) is 0 Å². The molecule has 464 valence electrons. The molecule has 0 aromatic carbocycles. The number of ether oxygens (including phenoxy) is 1. The van der Waals surface area contributed by atoms with Gasteiger partial charge in [0.1, 0.15) is 0 Å². The van der Waals surface area contributed by atoms with Crippen molar-refractivity contribution in [3.05, 3.63) is 12.2 Å². The molecule has 0 aliphatic heterocycles. The molecular formula is C72H141NO5. The van der Waals surface area contributed by atoms with Crippen molar-refractivity contribution in [2.24, 2.45) is 0 Å². The molecule has 0 aliphatic rings. The fourth-order valence-electron chi connectivity index (χ4n) is 11.6. The number of hydrogen-bond donors (Lipinski definition) is 3. The van der Waals surface area contributed by atoms with E-state index in [4.69, 9.17) is 4.74 Å². The van der Waals surface area contributed by atoms with Gasteiger partial charge in [-0.05, 0) is 32.1 Å². The van der Waals surface area contributed by atoms with Crippen molar-refractivity contribution in [3.8, 4) is 0 Å². The van der Waals surface area contributed by atoms with Gasteiger partial charge in [-0.1, -0.05) is 379 Å². The molecule has 0 radical (unpaired) electrons. The Kier molecular flexibility index (Phi) is 66.9. The van der Waals surface area contributed by atoms with E-state index < -0.39 is 12.1 Å². The summed E-state index contributed by atoms with van der Waals surface area (Å²) in [5.74, 6) is -0.0368. The molecule has 0 saturated heterocycles. The van der Waals surface area contributed by atoms with Gasteiger partial charge in [0, 0.05) is 12.8 Å². The third-order valence-electron chi connectivity index (χ3n) is 17.1. The second kappa shape index (κ2) is 68.1. The minimum atomic E-state index is -0.841. The Bertz CT molecular complexity index is 1180. The summed E-state index contributed by atoms with van der Waals surface area (Å²) in [5, 5.41) is 23.2. The molecule has 2 unspecified atom stereocenters. The highest BCUT2D eigenvalue weighted by molar-refractivity contribution is 5.76. The molecule has 0 aromatic rings. The Balaban J connectivity index is 3.32. The van der Waals surface area contributed by atoms with E-state index in [0.29, 0.717) is 19.4 Å². The molecule has 0 saturated carbocycles. The van der Waals surface area contributed by atoms with E-state index in [9.17, 15) is 19.8 Å². The van der Waals surface area contributed by atoms with Crippen LogP contribution in [0.25, 0.3) is 0 Å². The zero-order valence-corrected chi connectivity index (χ0v) is 53.2. The van der Waals surface area contributed by atoms with Gasteiger partial charge in [-0.2, -0.15) is 0 Å². The number of amides is 1. The number of carbonyl (C=O) groups is 2. The van der Waals surface area contributed by atoms with Crippen molar-refractivity contribution in [2.75, 3.05) is 13.2 Å². The van der Waals surface area contributed by atoms with Crippen LogP contribution in [0.4, 0.5) is 0 Å². The number of hydrogen-bond acceptors (Lipinski definition) is 5. The predicted octanol–water partition coefficient (Wildman–Crippen LogP) is 23.1. The van der Waals surface area contributed by atoms with Gasteiger partial charge in [0.25, 0.3) is 0 Å². The molecular weight excluding hydrogens is 959 g/mol. The third kappa shape index (κ3) is 63.8. The lowest BCUT2D eigenvalue weighted by molar-refractivity contribution is -0.143. The van der Waals surface area contributed by atoms with Gasteiger partial charge in [0.05, 0.1) is 25.4 Å². The first-order chi connectivity index (χ1) is 38.5. The average molecular weight is 1100 g/mol. The van der Waals surface area contributed by atoms with E-state index in [0.717, 1.165) is 38.5 Å². The van der Waals surface area contributed by atoms with Gasteiger partial charge in [-0.25, -0.2) is 0 Å². The first-order valence-corrected chi connectivity index (χ1v) is 36.0. The summed E-state index contributed by atoms with van der Waals surface area (Å²) in [5.41, 5.74) is 0. The van der Waals surface area contributed by atoms with Crippen molar-refractivity contribution in [1.29, 1.82) is 0 Å². The highest BCUT2D eigenvalue weighted by Gasteiger charge is 2.18. The van der Waals surface area contributed by atoms with Crippen molar-refractivity contribution in [1.82, 2.24) is 5.32 Å². The molecule has 6 heteroatoms. The number of nitrogens with one attached hydrogen (secondary N) is 1. The molecule has 1 amide bonds. The average Bonchev–Trinajstić information content (AvgIpc) is 3.44. The van der Waals surface area contributed by atoms with Crippen LogP contribution in [0.3, 0.4) is 0 Å². The molecule has 0 heterocycles. The number of esters is 1. The van der Waals surface area contributed by atoms with Crippen LogP contribution in [-0.4, -0.2) is 47.4 Å². The molecule has 0 spiro atoms. The molecule has 3 N–H and O–H groups in total. The van der Waals surface area contributed by atoms with Gasteiger partial charge >= 0.3 is 5.97 Å². The van der Waals surface area contributed by atoms with Gasteiger partial charge in [-0.3, -0.25) is 9.59 Å². The van der Waals surface area contributed by atoms with E-state index in [1.807, 2.05) is 6.08 Å². The van der Waals surface area contributed by atoms with Crippen molar-refractivity contribution < 1.29 is 24.5 Å². The fourth-order valence-corrected chi connectivity index (χ4v) is 11.6. The molecule has 0 aromatic heterocycles. The molecule has 0 rings (SSSR count). The zero-order valence-electron chi connectivity index (χ0n) is 53.2. The maximum Gasteiger partial charge on any atom is 0.305 e. The molecule has 78 heavy (non-hydrogen) atoms. The number of carbonyl (C=O) groups excluding carboxylic acids is 2. The van der Waals surface area contributed by atoms with Crippen molar-refractivity contribution >= 4 is 11.9 Å². The summed E-state index contributed by atoms with van der Waals surface area (Å²) >= 11 is 0. The molecule has 0 aliphatic carbocycles. The SMILES string of the molecule is CCCCCCCCCCCCCCC/C=C/C(O)C(CO)NC(=O)CCCCCCCCCCCCCCCCCCCCCCCCCCCCCCCCOC(=O)CCCCCCCCCCCCCCCCCC. The molecule has 2 atom stereocenters. The normalized spacial score (nSPS) is 12.5. The van der Waals surface area contributed by atoms with E-state index in [1.165, 1.54) is 347 Å². The highest BCUT2D eigenvalue weighted by Crippen LogP contribution is 2.19. The Morgan fingerprint density at radius 2 is 0.590 bits per heavy atom. The number of allylic oxidation sites excluding steroid dienone is 1. The fraction of sp³-hybridized carbons (Fsp3) is 0.944. The van der Waals surface area contributed by atoms with E-state index in [2.05, 4.69) is 19.2 Å². The second-order valence-corrected chi connectivity index (χ2v) is 24.9. The summed E-state index contributed by atoms with van der Waals surface area (Å²) in [6, 6.07) is -0.624. The lowest BCUT2D eigenvalue weighted by Gasteiger charge is -2.20. The highest BCUT2D eigenvalue weighted by atomic mass is 16.5. The Morgan fingerprint density at radius 1 is 0.346 bits per heavy atom. The Hall–Kier alpha value is -1.40. The zero-order chi connectivity index (χ0) is 56.4. The third-order valence-corrected chi connectivity index (χ3v) is 17.1. The molecule has 0 bridgehead atoms. The maximum absolute atomic E-state index is 12.5. The summed E-state index contributed by atoms with van der Waals surface area (Å²) in [7, 11) is 0. The van der Waals surface area contributed by atoms with Crippen molar-refractivity contribution in [2.45, 2.75) is 424 Å². The summed E-state index contributed by atoms with van der Waals surface area (Å²) < 4.78 is 5.51. The quantitative estimate of drug-likeness (QED) is 0.0320. The smallest absolute Gasteiger partial charge is 0.305 e. The molecule has 0 fully saturated rings. The second-order valence-electron chi connectivity index (χ2n) is 24.9. The van der Waals surface area contributed by atoms with Crippen LogP contribution in [0, 0.1) is 0 Å². The van der Waals surface area contributed by atoms with Crippen LogP contribution in [0.1, 0.15) is 412 Å². The standard InChI is InChI=1S/C72H141NO5/c1-3-5-7-9-11-13-15-17-19-38-42-46-50-54-58-62-66-72(77)78-67-63-59-55-51-47-43-39-35-33-31-29-27-25-23-21-20-22-24-26-28-30-32-34-37-41-45-49-53-57-61-65-71(76)73-69(68-74)70(75)64-60-56-52-48-44-40-36-18-16-14-12-10-8-6-4-2/h60,64,69-70,74-75H,3-59,61-63,65-68H2,1-2H3,(H,73,76)/b64-60+. The topological polar surface area (TPSA) is 95.9 Å². The van der Waals surface area contributed by atoms with Crippen LogP contribution >= 0.6 is 0 Å². The monoisotopic (exact) mass is 1100 g/mol. The van der Waals surface area contributed by atoms with Crippen molar-refractivity contribution in [3.63, 3.8) is 0 Å². The van der Waals surface area contributed by atoms with Gasteiger partial charge in [0.2, 0.25) is 5.91 Å². The first kappa shape index (κ1) is 76.6. The first-order valence-electron chi connectivity index (χ1n) is 36.0. The number of unbranched alkanes of at least 4 members (excludes halogenated alkanes) is 57. The predicted molar refractivity (Wildman–Crippen MR) is 343 cm³/mol. The van der Waals surface area contributed by atoms with Crippen LogP contribution in [0.15, 0.2) is 12.2 Å². The Labute approximate surface area is 489 Å². The number of rotatable bonds is 68. The summed E-state index contributed by atoms with van der Waals surface area (Å²) in [4.78, 5) is 24.6.